The normalized spacial score (nSPS) is 21.9. The molecule has 2 aromatic rings. The minimum atomic E-state index is -0.141. The van der Waals surface area contributed by atoms with Crippen molar-refractivity contribution in [2.24, 2.45) is 5.92 Å². The van der Waals surface area contributed by atoms with Crippen LogP contribution in [-0.4, -0.2) is 21.6 Å². The van der Waals surface area contributed by atoms with Crippen molar-refractivity contribution in [3.05, 3.63) is 30.1 Å². The number of hydrogen-bond donors (Lipinski definition) is 0. The Morgan fingerprint density at radius 3 is 2.73 bits per heavy atom. The van der Waals surface area contributed by atoms with Crippen molar-refractivity contribution in [1.29, 1.82) is 0 Å². The molecule has 0 bridgehead atoms. The smallest absolute Gasteiger partial charge is 0.326 e. The summed E-state index contributed by atoms with van der Waals surface area (Å²) in [7, 11) is 0. The second-order valence-corrected chi connectivity index (χ2v) is 6.33. The van der Waals surface area contributed by atoms with Crippen LogP contribution in [0.25, 0.3) is 11.0 Å². The van der Waals surface area contributed by atoms with Gasteiger partial charge in [0.05, 0.1) is 11.0 Å². The molecule has 1 aromatic heterocycles. The first-order valence-corrected chi connectivity index (χ1v) is 8.31. The molecule has 0 spiro atoms. The number of aryl methyl sites for hydroxylation is 1. The van der Waals surface area contributed by atoms with E-state index in [1.165, 1.54) is 0 Å². The van der Waals surface area contributed by atoms with Crippen LogP contribution in [0.5, 0.6) is 0 Å². The molecule has 1 saturated carbocycles. The molecule has 0 saturated heterocycles. The number of ether oxygens (including phenoxy) is 1. The average Bonchev–Trinajstić information content (AvgIpc) is 2.87. The van der Waals surface area contributed by atoms with E-state index >= 15 is 0 Å². The molecule has 0 radical (unpaired) electrons. The van der Waals surface area contributed by atoms with Gasteiger partial charge in [0.25, 0.3) is 0 Å². The maximum absolute atomic E-state index is 12.3. The molecule has 1 heterocycles. The molecule has 1 aliphatic rings. The quantitative estimate of drug-likeness (QED) is 0.808. The number of esters is 1. The van der Waals surface area contributed by atoms with Gasteiger partial charge in [-0.15, -0.1) is 0 Å². The van der Waals surface area contributed by atoms with Gasteiger partial charge in [0.1, 0.15) is 18.5 Å². The minimum Gasteiger partial charge on any atom is -0.461 e. The zero-order chi connectivity index (χ0) is 15.5. The molecule has 0 aliphatic heterocycles. The second-order valence-electron chi connectivity index (χ2n) is 6.33. The Labute approximate surface area is 131 Å². The van der Waals surface area contributed by atoms with E-state index in [0.717, 1.165) is 54.9 Å². The van der Waals surface area contributed by atoms with E-state index in [9.17, 15) is 4.79 Å². The molecule has 118 valence electrons. The Hall–Kier alpha value is -1.84. The van der Waals surface area contributed by atoms with Crippen LogP contribution in [0, 0.1) is 5.92 Å². The maximum Gasteiger partial charge on any atom is 0.326 e. The van der Waals surface area contributed by atoms with Gasteiger partial charge in [-0.05, 0) is 43.7 Å². The van der Waals surface area contributed by atoms with Gasteiger partial charge in [-0.1, -0.05) is 26.0 Å². The van der Waals surface area contributed by atoms with Gasteiger partial charge in [-0.3, -0.25) is 4.79 Å². The maximum atomic E-state index is 12.3. The van der Waals surface area contributed by atoms with Crippen molar-refractivity contribution in [3.63, 3.8) is 0 Å². The minimum absolute atomic E-state index is 0.101. The summed E-state index contributed by atoms with van der Waals surface area (Å²) in [5.74, 6) is 1.56. The lowest BCUT2D eigenvalue weighted by atomic mass is 9.89. The Kier molecular flexibility index (Phi) is 4.46. The summed E-state index contributed by atoms with van der Waals surface area (Å²) in [6.45, 7) is 4.59. The first-order valence-electron chi connectivity index (χ1n) is 8.31. The van der Waals surface area contributed by atoms with Crippen LogP contribution in [0.3, 0.4) is 0 Å². The number of fused-ring (bicyclic) bond motifs is 1. The average molecular weight is 300 g/mol. The summed E-state index contributed by atoms with van der Waals surface area (Å²) in [5.41, 5.74) is 1.95. The van der Waals surface area contributed by atoms with Crippen molar-refractivity contribution >= 4 is 17.0 Å². The third-order valence-corrected chi connectivity index (χ3v) is 4.60. The van der Waals surface area contributed by atoms with Crippen LogP contribution < -0.4 is 0 Å². The summed E-state index contributed by atoms with van der Waals surface area (Å²) < 4.78 is 7.66. The zero-order valence-corrected chi connectivity index (χ0v) is 13.4. The number of nitrogens with zero attached hydrogens (tertiary/aromatic N) is 2. The molecule has 0 N–H and O–H groups in total. The van der Waals surface area contributed by atoms with Crippen LogP contribution in [-0.2, 0) is 22.5 Å². The van der Waals surface area contributed by atoms with Crippen molar-refractivity contribution in [2.45, 2.75) is 58.6 Å². The molecule has 0 atom stereocenters. The second kappa shape index (κ2) is 6.51. The number of carbonyl (C=O) groups is 1. The molecule has 1 fully saturated rings. The van der Waals surface area contributed by atoms with E-state index in [1.807, 2.05) is 28.8 Å². The van der Waals surface area contributed by atoms with E-state index in [2.05, 4.69) is 18.8 Å². The molecule has 1 aliphatic carbocycles. The van der Waals surface area contributed by atoms with Crippen LogP contribution in [0.15, 0.2) is 24.3 Å². The highest BCUT2D eigenvalue weighted by Gasteiger charge is 2.22. The first kappa shape index (κ1) is 15.1. The van der Waals surface area contributed by atoms with Gasteiger partial charge in [-0.2, -0.15) is 0 Å². The highest BCUT2D eigenvalue weighted by Crippen LogP contribution is 2.26. The molecular weight excluding hydrogens is 276 g/mol. The van der Waals surface area contributed by atoms with E-state index < -0.39 is 0 Å². The molecule has 1 aromatic carbocycles. The first-order chi connectivity index (χ1) is 10.7. The predicted octanol–water partition coefficient (Wildman–Crippen LogP) is 3.72. The van der Waals surface area contributed by atoms with Crippen molar-refractivity contribution < 1.29 is 9.53 Å². The number of imidazole rings is 1. The fourth-order valence-corrected chi connectivity index (χ4v) is 3.27. The number of benzene rings is 1. The lowest BCUT2D eigenvalue weighted by molar-refractivity contribution is -0.151. The molecular formula is C18H24N2O2. The molecule has 3 rings (SSSR count). The third kappa shape index (κ3) is 3.16. The fourth-order valence-electron chi connectivity index (χ4n) is 3.27. The number of para-hydroxylation sites is 2. The monoisotopic (exact) mass is 300 g/mol. The van der Waals surface area contributed by atoms with Crippen LogP contribution in [0.4, 0.5) is 0 Å². The SMILES string of the molecule is CCc1nc2ccccc2n1CC(=O)O[C@H]1CC[C@@H](C)CC1. The summed E-state index contributed by atoms with van der Waals surface area (Å²) in [4.78, 5) is 16.9. The Bertz CT molecular complexity index is 654. The topological polar surface area (TPSA) is 44.1 Å². The van der Waals surface area contributed by atoms with Crippen LogP contribution >= 0.6 is 0 Å². The number of rotatable bonds is 4. The molecule has 4 heteroatoms. The van der Waals surface area contributed by atoms with Gasteiger partial charge in [0.2, 0.25) is 0 Å². The van der Waals surface area contributed by atoms with Gasteiger partial charge in [0.15, 0.2) is 0 Å². The number of hydrogen-bond acceptors (Lipinski definition) is 3. The van der Waals surface area contributed by atoms with Gasteiger partial charge in [0, 0.05) is 6.42 Å². The molecule has 0 unspecified atom stereocenters. The summed E-state index contributed by atoms with van der Waals surface area (Å²) in [5, 5.41) is 0. The lowest BCUT2D eigenvalue weighted by Crippen LogP contribution is -2.26. The van der Waals surface area contributed by atoms with E-state index in [-0.39, 0.29) is 18.6 Å². The largest absolute Gasteiger partial charge is 0.461 e. The van der Waals surface area contributed by atoms with Crippen molar-refractivity contribution in [1.82, 2.24) is 9.55 Å². The van der Waals surface area contributed by atoms with Gasteiger partial charge < -0.3 is 9.30 Å². The summed E-state index contributed by atoms with van der Waals surface area (Å²) in [6, 6.07) is 7.95. The molecule has 22 heavy (non-hydrogen) atoms. The van der Waals surface area contributed by atoms with Crippen molar-refractivity contribution in [3.8, 4) is 0 Å². The Balaban J connectivity index is 1.71. The van der Waals surface area contributed by atoms with Crippen LogP contribution in [0.1, 0.15) is 45.4 Å². The third-order valence-electron chi connectivity index (χ3n) is 4.60. The Morgan fingerprint density at radius 1 is 1.27 bits per heavy atom. The number of carbonyl (C=O) groups excluding carboxylic acids is 1. The predicted molar refractivity (Wildman–Crippen MR) is 86.6 cm³/mol. The lowest BCUT2D eigenvalue weighted by Gasteiger charge is -2.26. The fraction of sp³-hybridized carbons (Fsp3) is 0.556. The highest BCUT2D eigenvalue weighted by molar-refractivity contribution is 5.79. The summed E-state index contributed by atoms with van der Waals surface area (Å²) >= 11 is 0. The molecule has 0 amide bonds. The number of aromatic nitrogens is 2. The highest BCUT2D eigenvalue weighted by atomic mass is 16.5. The zero-order valence-electron chi connectivity index (χ0n) is 13.4. The van der Waals surface area contributed by atoms with Crippen LogP contribution in [0.2, 0.25) is 0 Å². The standard InChI is InChI=1S/C18H24N2O2/c1-3-17-19-15-6-4-5-7-16(15)20(17)12-18(21)22-14-10-8-13(2)9-11-14/h4-7,13-14H,3,8-12H2,1-2H3/t13-,14+. The molecule has 4 nitrogen and oxygen atoms in total. The van der Waals surface area contributed by atoms with Gasteiger partial charge >= 0.3 is 5.97 Å². The van der Waals surface area contributed by atoms with E-state index in [0.29, 0.717) is 0 Å². The summed E-state index contributed by atoms with van der Waals surface area (Å²) in [6.07, 6.45) is 5.22. The van der Waals surface area contributed by atoms with E-state index in [4.69, 9.17) is 4.74 Å². The van der Waals surface area contributed by atoms with E-state index in [1.54, 1.807) is 0 Å². The van der Waals surface area contributed by atoms with Crippen molar-refractivity contribution in [2.75, 3.05) is 0 Å². The Morgan fingerprint density at radius 2 is 2.00 bits per heavy atom. The van der Waals surface area contributed by atoms with Gasteiger partial charge in [-0.25, -0.2) is 4.98 Å².